The molecule has 2 aliphatic rings. The molecule has 2 bridgehead atoms. The zero-order valence-corrected chi connectivity index (χ0v) is 18.3. The van der Waals surface area contributed by atoms with Gasteiger partial charge in [0.1, 0.15) is 5.75 Å². The molecule has 2 aromatic heterocycles. The summed E-state index contributed by atoms with van der Waals surface area (Å²) in [7, 11) is -3.15. The summed E-state index contributed by atoms with van der Waals surface area (Å²) in [6.45, 7) is 0.881. The van der Waals surface area contributed by atoms with Gasteiger partial charge in [0.05, 0.1) is 11.0 Å². The van der Waals surface area contributed by atoms with Gasteiger partial charge < -0.3 is 4.74 Å². The van der Waals surface area contributed by atoms with Crippen LogP contribution in [0.1, 0.15) is 31.2 Å². The van der Waals surface area contributed by atoms with Gasteiger partial charge in [0.2, 0.25) is 10.0 Å². The van der Waals surface area contributed by atoms with Crippen molar-refractivity contribution in [2.75, 3.05) is 6.26 Å². The molecular weight excluding hydrogens is 420 g/mol. The first-order valence-corrected chi connectivity index (χ1v) is 12.9. The first-order chi connectivity index (χ1) is 14.4. The molecule has 5 rings (SSSR count). The Morgan fingerprint density at radius 1 is 1.17 bits per heavy atom. The second kappa shape index (κ2) is 7.88. The maximum atomic E-state index is 11.6. The molecule has 0 saturated carbocycles. The number of ether oxygens (including phenoxy) is 1. The van der Waals surface area contributed by atoms with E-state index in [-0.39, 0.29) is 6.04 Å². The van der Waals surface area contributed by atoms with Crippen LogP contribution in [0.3, 0.4) is 0 Å². The van der Waals surface area contributed by atoms with Crippen LogP contribution in [0.15, 0.2) is 42.6 Å². The zero-order chi connectivity index (χ0) is 20.7. The van der Waals surface area contributed by atoms with Crippen LogP contribution in [0.5, 0.6) is 10.9 Å². The fourth-order valence-corrected chi connectivity index (χ4v) is 6.29. The Labute approximate surface area is 180 Å². The molecule has 1 aromatic carbocycles. The van der Waals surface area contributed by atoms with Gasteiger partial charge in [0.15, 0.2) is 5.65 Å². The number of nitrogens with one attached hydrogen (secondary N) is 1. The Bertz CT molecular complexity index is 1100. The molecule has 158 valence electrons. The van der Waals surface area contributed by atoms with Gasteiger partial charge in [0.25, 0.3) is 5.19 Å². The minimum Gasteiger partial charge on any atom is -0.431 e. The first kappa shape index (κ1) is 19.9. The zero-order valence-electron chi connectivity index (χ0n) is 16.7. The van der Waals surface area contributed by atoms with Crippen molar-refractivity contribution in [1.29, 1.82) is 0 Å². The van der Waals surface area contributed by atoms with E-state index in [1.165, 1.54) is 23.2 Å². The summed E-state index contributed by atoms with van der Waals surface area (Å²) in [6.07, 6.45) is 7.02. The van der Waals surface area contributed by atoms with Crippen molar-refractivity contribution >= 4 is 31.7 Å². The number of sulfonamides is 1. The van der Waals surface area contributed by atoms with Crippen LogP contribution in [0.2, 0.25) is 0 Å². The highest BCUT2D eigenvalue weighted by molar-refractivity contribution is 7.88. The molecule has 7 nitrogen and oxygen atoms in total. The number of thiazole rings is 1. The Morgan fingerprint density at radius 3 is 2.57 bits per heavy atom. The predicted molar refractivity (Wildman–Crippen MR) is 117 cm³/mol. The van der Waals surface area contributed by atoms with Crippen molar-refractivity contribution in [2.24, 2.45) is 0 Å². The van der Waals surface area contributed by atoms with Crippen molar-refractivity contribution in [3.63, 3.8) is 0 Å². The maximum absolute atomic E-state index is 11.6. The minimum atomic E-state index is -3.15. The molecule has 9 heteroatoms. The lowest BCUT2D eigenvalue weighted by Crippen LogP contribution is -2.49. The highest BCUT2D eigenvalue weighted by atomic mass is 32.2. The summed E-state index contributed by atoms with van der Waals surface area (Å²) < 4.78 is 32.9. The van der Waals surface area contributed by atoms with Gasteiger partial charge >= 0.3 is 0 Å². The Hall–Kier alpha value is -2.07. The van der Waals surface area contributed by atoms with Crippen LogP contribution in [-0.4, -0.2) is 47.7 Å². The van der Waals surface area contributed by atoms with Crippen LogP contribution in [-0.2, 0) is 16.6 Å². The standard InChI is InChI=1S/C21H24N4O3S2/c1-30(26,27)24-15-11-16-6-7-17(12-15)25(16)13-14-4-8-18(9-5-14)28-21-23-20-19(29-21)3-2-10-22-20/h2-5,8-10,15-17,24H,6-7,11-13H2,1H3. The van der Waals surface area contributed by atoms with E-state index in [1.807, 2.05) is 24.3 Å². The van der Waals surface area contributed by atoms with Gasteiger partial charge in [-0.1, -0.05) is 23.5 Å². The highest BCUT2D eigenvalue weighted by Gasteiger charge is 2.41. The van der Waals surface area contributed by atoms with Crippen LogP contribution in [0.4, 0.5) is 0 Å². The molecule has 2 atom stereocenters. The van der Waals surface area contributed by atoms with E-state index in [4.69, 9.17) is 4.74 Å². The van der Waals surface area contributed by atoms with Crippen LogP contribution >= 0.6 is 11.3 Å². The van der Waals surface area contributed by atoms with Crippen molar-refractivity contribution in [3.05, 3.63) is 48.2 Å². The van der Waals surface area contributed by atoms with Gasteiger partial charge in [-0.2, -0.15) is 4.98 Å². The van der Waals surface area contributed by atoms with Crippen molar-refractivity contribution in [1.82, 2.24) is 19.6 Å². The van der Waals surface area contributed by atoms with E-state index in [0.29, 0.717) is 22.9 Å². The maximum Gasteiger partial charge on any atom is 0.281 e. The number of aromatic nitrogens is 2. The highest BCUT2D eigenvalue weighted by Crippen LogP contribution is 2.37. The summed E-state index contributed by atoms with van der Waals surface area (Å²) >= 11 is 1.48. The molecule has 2 unspecified atom stereocenters. The van der Waals surface area contributed by atoms with E-state index in [2.05, 4.69) is 31.7 Å². The molecule has 2 aliphatic heterocycles. The molecule has 3 aromatic rings. The molecule has 0 aliphatic carbocycles. The molecule has 2 saturated heterocycles. The first-order valence-electron chi connectivity index (χ1n) is 10.1. The normalized spacial score (nSPS) is 24.4. The predicted octanol–water partition coefficient (Wildman–Crippen LogP) is 3.53. The van der Waals surface area contributed by atoms with Crippen molar-refractivity contribution < 1.29 is 13.2 Å². The Balaban J connectivity index is 1.22. The number of piperidine rings is 1. The number of fused-ring (bicyclic) bond motifs is 3. The van der Waals surface area contributed by atoms with E-state index in [9.17, 15) is 8.42 Å². The number of hydrogen-bond acceptors (Lipinski definition) is 7. The Morgan fingerprint density at radius 2 is 1.90 bits per heavy atom. The summed E-state index contributed by atoms with van der Waals surface area (Å²) in [5, 5.41) is 0.593. The molecular formula is C21H24N4O3S2. The van der Waals surface area contributed by atoms with Crippen LogP contribution in [0.25, 0.3) is 10.3 Å². The lowest BCUT2D eigenvalue weighted by atomic mass is 9.97. The molecule has 1 N–H and O–H groups in total. The lowest BCUT2D eigenvalue weighted by molar-refractivity contribution is 0.116. The molecule has 0 spiro atoms. The second-order valence-electron chi connectivity index (χ2n) is 8.17. The topological polar surface area (TPSA) is 84.4 Å². The van der Waals surface area contributed by atoms with E-state index in [0.717, 1.165) is 42.7 Å². The second-order valence-corrected chi connectivity index (χ2v) is 10.9. The van der Waals surface area contributed by atoms with Crippen LogP contribution < -0.4 is 9.46 Å². The van der Waals surface area contributed by atoms with E-state index >= 15 is 0 Å². The number of benzene rings is 1. The average Bonchev–Trinajstić information content (AvgIpc) is 3.19. The van der Waals surface area contributed by atoms with Gasteiger partial charge in [-0.3, -0.25) is 4.90 Å². The smallest absolute Gasteiger partial charge is 0.281 e. The minimum absolute atomic E-state index is 0.0628. The van der Waals surface area contributed by atoms with Crippen molar-refractivity contribution in [2.45, 2.75) is 50.4 Å². The third kappa shape index (κ3) is 4.34. The van der Waals surface area contributed by atoms with E-state index in [1.54, 1.807) is 6.20 Å². The third-order valence-corrected chi connectivity index (χ3v) is 7.55. The number of pyridine rings is 1. The van der Waals surface area contributed by atoms with Gasteiger partial charge in [-0.15, -0.1) is 0 Å². The summed E-state index contributed by atoms with van der Waals surface area (Å²) in [5.74, 6) is 0.761. The van der Waals surface area contributed by atoms with Crippen molar-refractivity contribution in [3.8, 4) is 10.9 Å². The Kier molecular flexibility index (Phi) is 5.22. The SMILES string of the molecule is CS(=O)(=O)NC1CC2CCC(C1)N2Cc1ccc(Oc2nc3ncccc3s2)cc1. The van der Waals surface area contributed by atoms with Gasteiger partial charge in [0, 0.05) is 30.9 Å². The number of rotatable bonds is 6. The summed E-state index contributed by atoms with van der Waals surface area (Å²) in [6, 6.07) is 13.0. The monoisotopic (exact) mass is 444 g/mol. The van der Waals surface area contributed by atoms with Crippen LogP contribution in [0, 0.1) is 0 Å². The third-order valence-electron chi connectivity index (χ3n) is 5.90. The fraction of sp³-hybridized carbons (Fsp3) is 0.429. The summed E-state index contributed by atoms with van der Waals surface area (Å²) in [4.78, 5) is 11.2. The average molecular weight is 445 g/mol. The summed E-state index contributed by atoms with van der Waals surface area (Å²) in [5.41, 5.74) is 1.94. The van der Waals surface area contributed by atoms with Gasteiger partial charge in [-0.25, -0.2) is 18.1 Å². The largest absolute Gasteiger partial charge is 0.431 e. The number of hydrogen-bond donors (Lipinski definition) is 1. The van der Waals surface area contributed by atoms with Gasteiger partial charge in [-0.05, 0) is 55.5 Å². The molecule has 30 heavy (non-hydrogen) atoms. The lowest BCUT2D eigenvalue weighted by Gasteiger charge is -2.39. The molecule has 0 radical (unpaired) electrons. The molecule has 0 amide bonds. The quantitative estimate of drug-likeness (QED) is 0.626. The van der Waals surface area contributed by atoms with E-state index < -0.39 is 10.0 Å². The fourth-order valence-electron chi connectivity index (χ4n) is 4.70. The molecule has 4 heterocycles. The number of nitrogens with zero attached hydrogens (tertiary/aromatic N) is 3. The molecule has 2 fully saturated rings.